The molecule has 45 heavy (non-hydrogen) atoms. The van der Waals surface area contributed by atoms with Gasteiger partial charge in [-0.2, -0.15) is 20.2 Å². The van der Waals surface area contributed by atoms with Crippen LogP contribution in [0.5, 0.6) is 6.01 Å². The largest absolute Gasteiger partial charge is 0.458 e. The van der Waals surface area contributed by atoms with Crippen molar-refractivity contribution >= 4 is 28.1 Å². The number of piperidine rings is 1. The molecule has 9 rings (SSSR count). The lowest BCUT2D eigenvalue weighted by molar-refractivity contribution is -0.126. The van der Waals surface area contributed by atoms with Crippen molar-refractivity contribution in [1.29, 1.82) is 5.26 Å². The average molecular weight is 626 g/mol. The number of ether oxygens (including phenoxy) is 1. The number of aryl methyl sites for hydroxylation is 1. The Morgan fingerprint density at radius 2 is 2.09 bits per heavy atom. The van der Waals surface area contributed by atoms with Gasteiger partial charge >= 0.3 is 6.01 Å². The molecule has 13 heteroatoms. The molecule has 1 amide bonds. The lowest BCUT2D eigenvalue weighted by Crippen LogP contribution is -2.48. The molecule has 3 aromatic rings. The summed E-state index contributed by atoms with van der Waals surface area (Å²) in [6.07, 6.45) is 5.26. The van der Waals surface area contributed by atoms with Gasteiger partial charge in [-0.05, 0) is 63.0 Å². The second-order valence-corrected chi connectivity index (χ2v) is 15.0. The van der Waals surface area contributed by atoms with Gasteiger partial charge < -0.3 is 24.8 Å². The lowest BCUT2D eigenvalue weighted by Gasteiger charge is -2.35. The molecule has 5 heterocycles. The number of likely N-dealkylation sites (tertiary alicyclic amines) is 1. The van der Waals surface area contributed by atoms with E-state index in [9.17, 15) is 10.1 Å². The number of carbonyl (C=O) groups is 1. The van der Waals surface area contributed by atoms with Gasteiger partial charge in [0.25, 0.3) is 0 Å². The molecule has 4 aliphatic carbocycles. The van der Waals surface area contributed by atoms with E-state index in [1.165, 1.54) is 23.8 Å². The van der Waals surface area contributed by atoms with Gasteiger partial charge in [0.05, 0.1) is 17.0 Å². The molecular weight excluding hydrogens is 590 g/mol. The molecule has 2 N–H and O–H groups in total. The first-order valence-corrected chi connectivity index (χ1v) is 16.7. The molecule has 232 valence electrons. The number of fused-ring (bicyclic) bond motifs is 1. The summed E-state index contributed by atoms with van der Waals surface area (Å²) >= 11 is 1.48. The number of thiophene rings is 1. The van der Waals surface area contributed by atoms with Crippen LogP contribution in [0.25, 0.3) is 11.5 Å². The third-order valence-corrected chi connectivity index (χ3v) is 12.8. The van der Waals surface area contributed by atoms with Crippen molar-refractivity contribution in [2.24, 2.45) is 23.2 Å². The highest BCUT2D eigenvalue weighted by molar-refractivity contribution is 7.16. The standard InChI is InChI=1S/C32H35N9O3S/c1-4-22(42)41-10-8-40(9-11-41)21-12-19(35-30(36-21)43-26-17-13-32(17)18-15-39(3)25(26)24(18)32)28-37-29(44-38-28)31(2)7-5-6-20-23(31)16(14-33)27(34)45-20/h4,12,17-18,24-26H,1,5-11,13,15,34H2,2-3H3/t17?,18?,24-,25+,26-,31-,32?/m0/s1. The first kappa shape index (κ1) is 27.3. The fraction of sp³-hybridized carbons (Fsp3) is 0.562. The minimum atomic E-state index is -0.629. The van der Waals surface area contributed by atoms with Gasteiger partial charge in [-0.3, -0.25) is 9.69 Å². The van der Waals surface area contributed by atoms with E-state index in [1.54, 1.807) is 4.90 Å². The van der Waals surface area contributed by atoms with Crippen molar-refractivity contribution in [2.45, 2.75) is 50.2 Å². The van der Waals surface area contributed by atoms with Gasteiger partial charge in [-0.1, -0.05) is 11.7 Å². The predicted molar refractivity (Wildman–Crippen MR) is 166 cm³/mol. The minimum absolute atomic E-state index is 0.0650. The lowest BCUT2D eigenvalue weighted by atomic mass is 9.72. The van der Waals surface area contributed by atoms with E-state index in [0.29, 0.717) is 83.4 Å². The Kier molecular flexibility index (Phi) is 5.62. The number of nitrogen functional groups attached to an aromatic ring is 1. The van der Waals surface area contributed by atoms with Gasteiger partial charge in [-0.25, -0.2) is 0 Å². The molecule has 0 radical (unpaired) electrons. The summed E-state index contributed by atoms with van der Waals surface area (Å²) in [5.74, 6) is 3.57. The minimum Gasteiger partial charge on any atom is -0.458 e. The molecule has 0 aromatic carbocycles. The molecule has 0 bridgehead atoms. The molecule has 2 saturated heterocycles. The van der Waals surface area contributed by atoms with Crippen molar-refractivity contribution in [2.75, 3.05) is 50.4 Å². The van der Waals surface area contributed by atoms with Crippen molar-refractivity contribution in [1.82, 2.24) is 29.9 Å². The van der Waals surface area contributed by atoms with Crippen LogP contribution < -0.4 is 15.4 Å². The quantitative estimate of drug-likeness (QED) is 0.403. The van der Waals surface area contributed by atoms with E-state index in [2.05, 4.69) is 41.6 Å². The zero-order chi connectivity index (χ0) is 30.8. The second kappa shape index (κ2) is 9.26. The smallest absolute Gasteiger partial charge is 0.319 e. The summed E-state index contributed by atoms with van der Waals surface area (Å²) < 4.78 is 12.7. The normalized spacial score (nSPS) is 34.1. The average Bonchev–Trinajstić information content (AvgIpc) is 3.55. The van der Waals surface area contributed by atoms with Gasteiger partial charge in [0.1, 0.15) is 28.7 Å². The third-order valence-electron chi connectivity index (χ3n) is 11.7. The van der Waals surface area contributed by atoms with E-state index >= 15 is 0 Å². The van der Waals surface area contributed by atoms with Crippen LogP contribution in [0.4, 0.5) is 10.8 Å². The van der Waals surface area contributed by atoms with Crippen LogP contribution >= 0.6 is 11.3 Å². The summed E-state index contributed by atoms with van der Waals surface area (Å²) in [6, 6.07) is 4.93. The van der Waals surface area contributed by atoms with Crippen LogP contribution in [0.3, 0.4) is 0 Å². The fourth-order valence-electron chi connectivity index (χ4n) is 9.53. The molecule has 6 aliphatic rings. The molecule has 12 nitrogen and oxygen atoms in total. The van der Waals surface area contributed by atoms with E-state index in [1.807, 2.05) is 6.07 Å². The molecular formula is C32H35N9O3S. The van der Waals surface area contributed by atoms with Crippen LogP contribution in [0.2, 0.25) is 0 Å². The Hall–Kier alpha value is -4.02. The number of nitriles is 1. The summed E-state index contributed by atoms with van der Waals surface area (Å²) in [7, 11) is 2.20. The number of anilines is 2. The Morgan fingerprint density at radius 1 is 1.27 bits per heavy atom. The highest BCUT2D eigenvalue weighted by Crippen LogP contribution is 2.88. The third kappa shape index (κ3) is 3.69. The van der Waals surface area contributed by atoms with Gasteiger partial charge in [0, 0.05) is 55.1 Å². The number of rotatable bonds is 6. The number of amides is 1. The van der Waals surface area contributed by atoms with Gasteiger partial charge in [0.2, 0.25) is 17.6 Å². The molecule has 3 aromatic heterocycles. The first-order chi connectivity index (χ1) is 21.8. The Morgan fingerprint density at radius 3 is 2.87 bits per heavy atom. The number of likely N-dealkylation sites (N-methyl/N-ethyl adjacent to an activating group) is 1. The molecule has 5 fully saturated rings. The maximum absolute atomic E-state index is 12.2. The van der Waals surface area contributed by atoms with Crippen molar-refractivity contribution in [3.05, 3.63) is 40.6 Å². The maximum Gasteiger partial charge on any atom is 0.319 e. The topological polar surface area (TPSA) is 151 Å². The van der Waals surface area contributed by atoms with Gasteiger partial charge in [0.15, 0.2) is 0 Å². The number of nitrogens with two attached hydrogens (primary N) is 1. The van der Waals surface area contributed by atoms with E-state index in [0.717, 1.165) is 48.1 Å². The van der Waals surface area contributed by atoms with E-state index < -0.39 is 5.41 Å². The zero-order valence-electron chi connectivity index (χ0n) is 25.4. The first-order valence-electron chi connectivity index (χ1n) is 15.9. The number of nitrogens with zero attached hydrogens (tertiary/aromatic N) is 8. The summed E-state index contributed by atoms with van der Waals surface area (Å²) in [4.78, 5) is 34.4. The molecule has 2 aliphatic heterocycles. The molecule has 7 atom stereocenters. The Balaban J connectivity index is 1.06. The second-order valence-electron chi connectivity index (χ2n) is 13.8. The molecule has 3 unspecified atom stereocenters. The Labute approximate surface area is 264 Å². The maximum atomic E-state index is 12.2. The highest BCUT2D eigenvalue weighted by atomic mass is 32.1. The number of piperazine rings is 1. The number of hydrogen-bond donors (Lipinski definition) is 1. The van der Waals surface area contributed by atoms with E-state index in [4.69, 9.17) is 29.9 Å². The summed E-state index contributed by atoms with van der Waals surface area (Å²) in [6.45, 7) is 9.22. The molecule has 3 saturated carbocycles. The SMILES string of the molecule is C=CC(=O)N1CCN(c2cc(-c3noc([C@@]4(C)CCCc5sc(N)c(C#N)c54)n3)nc(O[C@H]3C4CC45C4CN(C)[C@@H]3[C@H]45)n2)CC1. The van der Waals surface area contributed by atoms with Crippen molar-refractivity contribution < 1.29 is 14.1 Å². The monoisotopic (exact) mass is 625 g/mol. The Bertz CT molecular complexity index is 1810. The van der Waals surface area contributed by atoms with Crippen LogP contribution in [0, 0.1) is 34.5 Å². The summed E-state index contributed by atoms with van der Waals surface area (Å²) in [5, 5.41) is 14.9. The molecule has 1 spiro atoms. The summed E-state index contributed by atoms with van der Waals surface area (Å²) in [5.41, 5.74) is 8.06. The number of aromatic nitrogens is 4. The van der Waals surface area contributed by atoms with Gasteiger partial charge in [-0.15, -0.1) is 11.3 Å². The van der Waals surface area contributed by atoms with Crippen molar-refractivity contribution in [3.63, 3.8) is 0 Å². The van der Waals surface area contributed by atoms with E-state index in [-0.39, 0.29) is 12.0 Å². The number of hydrogen-bond acceptors (Lipinski definition) is 12. The zero-order valence-corrected chi connectivity index (χ0v) is 26.2. The van der Waals surface area contributed by atoms with Crippen LogP contribution in [0.1, 0.15) is 48.1 Å². The highest BCUT2D eigenvalue weighted by Gasteiger charge is 2.90. The predicted octanol–water partition coefficient (Wildman–Crippen LogP) is 2.85. The van der Waals surface area contributed by atoms with Crippen LogP contribution in [-0.4, -0.2) is 87.7 Å². The van der Waals surface area contributed by atoms with Crippen molar-refractivity contribution in [3.8, 4) is 23.6 Å². The fourth-order valence-corrected chi connectivity index (χ4v) is 10.7. The van der Waals surface area contributed by atoms with Crippen LogP contribution in [-0.2, 0) is 16.6 Å². The number of carbonyl (C=O) groups excluding carboxylic acids is 1. The van der Waals surface area contributed by atoms with Crippen LogP contribution in [0.15, 0.2) is 23.2 Å².